The molecule has 0 radical (unpaired) electrons. The molecule has 1 aromatic carbocycles. The fourth-order valence-corrected chi connectivity index (χ4v) is 2.93. The molecule has 0 saturated heterocycles. The number of halogens is 1. The average molecular weight is 356 g/mol. The van der Waals surface area contributed by atoms with E-state index in [4.69, 9.17) is 5.84 Å². The summed E-state index contributed by atoms with van der Waals surface area (Å²) in [5, 5.41) is 10.9. The highest BCUT2D eigenvalue weighted by Gasteiger charge is 2.13. The van der Waals surface area contributed by atoms with E-state index in [1.54, 1.807) is 0 Å². The number of hydrogen-bond donors (Lipinski definition) is 2. The van der Waals surface area contributed by atoms with Crippen LogP contribution in [0.4, 0.5) is 0 Å². The van der Waals surface area contributed by atoms with E-state index in [0.29, 0.717) is 5.16 Å². The number of aromatic nitrogens is 3. The smallest absolute Gasteiger partial charge is 0.230 e. The van der Waals surface area contributed by atoms with Gasteiger partial charge in [0.05, 0.1) is 11.8 Å². The number of nitrogens with zero attached hydrogens (tertiary/aromatic N) is 3. The zero-order valence-corrected chi connectivity index (χ0v) is 13.2. The molecular weight excluding hydrogens is 342 g/mol. The van der Waals surface area contributed by atoms with Crippen molar-refractivity contribution in [3.8, 4) is 0 Å². The molecule has 8 heteroatoms. The number of benzene rings is 1. The summed E-state index contributed by atoms with van der Waals surface area (Å²) in [6.45, 7) is 1.94. The van der Waals surface area contributed by atoms with Crippen LogP contribution in [-0.2, 0) is 4.79 Å². The van der Waals surface area contributed by atoms with Crippen LogP contribution in [0.1, 0.15) is 18.5 Å². The van der Waals surface area contributed by atoms with Gasteiger partial charge in [-0.2, -0.15) is 0 Å². The molecule has 2 rings (SSSR count). The maximum Gasteiger partial charge on any atom is 0.230 e. The average Bonchev–Trinajstić information content (AvgIpc) is 2.82. The Bertz CT molecular complexity index is 603. The third-order valence-corrected chi connectivity index (χ3v) is 4.30. The van der Waals surface area contributed by atoms with Crippen molar-refractivity contribution in [2.45, 2.75) is 18.1 Å². The largest absolute Gasteiger partial charge is 0.349 e. The minimum Gasteiger partial charge on any atom is -0.349 e. The number of nitrogen functional groups attached to an aromatic ring is 1. The zero-order chi connectivity index (χ0) is 14.5. The molecule has 0 aliphatic rings. The molecule has 6 nitrogen and oxygen atoms in total. The summed E-state index contributed by atoms with van der Waals surface area (Å²) in [4.78, 5) is 11.9. The van der Waals surface area contributed by atoms with Gasteiger partial charge in [-0.05, 0) is 18.6 Å². The first kappa shape index (κ1) is 14.9. The molecule has 0 spiro atoms. The monoisotopic (exact) mass is 355 g/mol. The van der Waals surface area contributed by atoms with E-state index in [0.717, 1.165) is 10.0 Å². The Morgan fingerprint density at radius 2 is 2.30 bits per heavy atom. The third-order valence-electron chi connectivity index (χ3n) is 2.62. The number of thioether (sulfide) groups is 1. The molecule has 1 aromatic heterocycles. The van der Waals surface area contributed by atoms with Gasteiger partial charge in [-0.15, -0.1) is 10.2 Å². The van der Waals surface area contributed by atoms with Gasteiger partial charge in [0.15, 0.2) is 0 Å². The minimum absolute atomic E-state index is 0.0746. The summed E-state index contributed by atoms with van der Waals surface area (Å²) in [5.41, 5.74) is 1.04. The predicted octanol–water partition coefficient (Wildman–Crippen LogP) is 1.72. The van der Waals surface area contributed by atoms with Crippen LogP contribution in [0.25, 0.3) is 0 Å². The van der Waals surface area contributed by atoms with Gasteiger partial charge in [-0.3, -0.25) is 4.79 Å². The molecule has 1 heterocycles. The summed E-state index contributed by atoms with van der Waals surface area (Å²) in [6, 6.07) is 7.72. The van der Waals surface area contributed by atoms with Crippen molar-refractivity contribution < 1.29 is 4.79 Å². The molecule has 0 bridgehead atoms. The first-order valence-electron chi connectivity index (χ1n) is 5.89. The zero-order valence-electron chi connectivity index (χ0n) is 10.8. The Morgan fingerprint density at radius 3 is 2.95 bits per heavy atom. The molecular formula is C12H14BrN5OS. The fourth-order valence-electron chi connectivity index (χ4n) is 1.65. The van der Waals surface area contributed by atoms with E-state index in [1.165, 1.54) is 22.8 Å². The van der Waals surface area contributed by atoms with Crippen molar-refractivity contribution in [2.24, 2.45) is 0 Å². The topological polar surface area (TPSA) is 85.8 Å². The van der Waals surface area contributed by atoms with Gasteiger partial charge in [0.25, 0.3) is 0 Å². The molecule has 0 saturated carbocycles. The Balaban J connectivity index is 1.88. The van der Waals surface area contributed by atoms with Gasteiger partial charge in [-0.1, -0.05) is 45.9 Å². The molecule has 20 heavy (non-hydrogen) atoms. The lowest BCUT2D eigenvalue weighted by molar-refractivity contribution is -0.119. The van der Waals surface area contributed by atoms with Crippen LogP contribution < -0.4 is 11.2 Å². The van der Waals surface area contributed by atoms with Gasteiger partial charge in [-0.25, -0.2) is 4.68 Å². The summed E-state index contributed by atoms with van der Waals surface area (Å²) >= 11 is 4.72. The van der Waals surface area contributed by atoms with Crippen molar-refractivity contribution in [3.05, 3.63) is 40.6 Å². The summed E-state index contributed by atoms with van der Waals surface area (Å²) in [7, 11) is 0. The minimum atomic E-state index is -0.0822. The van der Waals surface area contributed by atoms with Crippen LogP contribution >= 0.6 is 27.7 Å². The predicted molar refractivity (Wildman–Crippen MR) is 81.6 cm³/mol. The SMILES string of the molecule is C[C@H](NC(=O)CSc1nncn1N)c1ccccc1Br. The molecule has 1 atom stereocenters. The molecule has 0 fully saturated rings. The first-order chi connectivity index (χ1) is 9.58. The summed E-state index contributed by atoms with van der Waals surface area (Å²) in [6.07, 6.45) is 1.39. The van der Waals surface area contributed by atoms with Crippen molar-refractivity contribution in [3.63, 3.8) is 0 Å². The highest BCUT2D eigenvalue weighted by atomic mass is 79.9. The van der Waals surface area contributed by atoms with Gasteiger partial charge in [0.2, 0.25) is 11.1 Å². The Kier molecular flexibility index (Phi) is 5.02. The van der Waals surface area contributed by atoms with Crippen molar-refractivity contribution in [2.75, 3.05) is 11.6 Å². The van der Waals surface area contributed by atoms with Crippen LogP contribution in [0, 0.1) is 0 Å². The highest BCUT2D eigenvalue weighted by Crippen LogP contribution is 2.23. The van der Waals surface area contributed by atoms with E-state index in [9.17, 15) is 4.79 Å². The molecule has 0 aliphatic carbocycles. The number of rotatable bonds is 5. The van der Waals surface area contributed by atoms with Gasteiger partial charge in [0, 0.05) is 4.47 Å². The van der Waals surface area contributed by atoms with E-state index < -0.39 is 0 Å². The molecule has 3 N–H and O–H groups in total. The van der Waals surface area contributed by atoms with Gasteiger partial charge < -0.3 is 11.2 Å². The van der Waals surface area contributed by atoms with Crippen LogP contribution in [-0.4, -0.2) is 26.5 Å². The number of amides is 1. The quantitative estimate of drug-likeness (QED) is 0.629. The lowest BCUT2D eigenvalue weighted by Gasteiger charge is -2.15. The van der Waals surface area contributed by atoms with E-state index in [1.807, 2.05) is 31.2 Å². The van der Waals surface area contributed by atoms with Crippen molar-refractivity contribution in [1.29, 1.82) is 0 Å². The van der Waals surface area contributed by atoms with Crippen LogP contribution in [0.5, 0.6) is 0 Å². The second-order valence-electron chi connectivity index (χ2n) is 4.12. The summed E-state index contributed by atoms with van der Waals surface area (Å²) < 4.78 is 2.26. The maximum atomic E-state index is 11.9. The van der Waals surface area contributed by atoms with E-state index >= 15 is 0 Å². The molecule has 2 aromatic rings. The van der Waals surface area contributed by atoms with Crippen LogP contribution in [0.15, 0.2) is 40.2 Å². The fraction of sp³-hybridized carbons (Fsp3) is 0.250. The van der Waals surface area contributed by atoms with Crippen molar-refractivity contribution in [1.82, 2.24) is 20.2 Å². The van der Waals surface area contributed by atoms with E-state index in [-0.39, 0.29) is 17.7 Å². The number of nitrogens with one attached hydrogen (secondary N) is 1. The van der Waals surface area contributed by atoms with Crippen LogP contribution in [0.2, 0.25) is 0 Å². The highest BCUT2D eigenvalue weighted by molar-refractivity contribution is 9.10. The second kappa shape index (κ2) is 6.76. The van der Waals surface area contributed by atoms with E-state index in [2.05, 4.69) is 31.4 Å². The third kappa shape index (κ3) is 3.73. The Labute approximate surface area is 129 Å². The molecule has 106 valence electrons. The second-order valence-corrected chi connectivity index (χ2v) is 5.92. The summed E-state index contributed by atoms with van der Waals surface area (Å²) in [5.74, 6) is 5.73. The normalized spacial score (nSPS) is 12.1. The van der Waals surface area contributed by atoms with Gasteiger partial charge >= 0.3 is 0 Å². The number of carbonyl (C=O) groups is 1. The number of nitrogens with two attached hydrogens (primary N) is 1. The molecule has 0 aliphatic heterocycles. The molecule has 1 amide bonds. The Hall–Kier alpha value is -1.54. The lowest BCUT2D eigenvalue weighted by atomic mass is 10.1. The van der Waals surface area contributed by atoms with Crippen molar-refractivity contribution >= 4 is 33.6 Å². The number of carbonyl (C=O) groups excluding carboxylic acids is 1. The first-order valence-corrected chi connectivity index (χ1v) is 7.67. The Morgan fingerprint density at radius 1 is 1.55 bits per heavy atom. The van der Waals surface area contributed by atoms with Gasteiger partial charge in [0.1, 0.15) is 6.33 Å². The maximum absolute atomic E-state index is 11.9. The van der Waals surface area contributed by atoms with Crippen LogP contribution in [0.3, 0.4) is 0 Å². The lowest BCUT2D eigenvalue weighted by Crippen LogP contribution is -2.28. The standard InChI is InChI=1S/C12H14BrN5OS/c1-8(9-4-2-3-5-10(9)13)16-11(19)6-20-12-17-15-7-18(12)14/h2-5,7-8H,6,14H2,1H3,(H,16,19)/t8-/m0/s1. The molecule has 0 unspecified atom stereocenters. The number of hydrogen-bond acceptors (Lipinski definition) is 5.